The van der Waals surface area contributed by atoms with Crippen molar-refractivity contribution in [3.63, 3.8) is 0 Å². The van der Waals surface area contributed by atoms with Crippen LogP contribution in [-0.4, -0.2) is 25.3 Å². The zero-order chi connectivity index (χ0) is 13.8. The lowest BCUT2D eigenvalue weighted by molar-refractivity contribution is -0.174. The van der Waals surface area contributed by atoms with Crippen molar-refractivity contribution in [2.24, 2.45) is 0 Å². The molecule has 0 amide bonds. The van der Waals surface area contributed by atoms with Crippen molar-refractivity contribution in [2.45, 2.75) is 62.8 Å². The number of hydrogen-bond donors (Lipinski definition) is 0. The first-order chi connectivity index (χ1) is 9.85. The van der Waals surface area contributed by atoms with E-state index < -0.39 is 6.29 Å². The van der Waals surface area contributed by atoms with Crippen LogP contribution in [0.5, 0.6) is 0 Å². The molecule has 0 aromatic carbocycles. The topological polar surface area (TPSA) is 35.5 Å². The van der Waals surface area contributed by atoms with Crippen molar-refractivity contribution in [1.29, 1.82) is 0 Å². The van der Waals surface area contributed by atoms with E-state index in [0.717, 1.165) is 19.1 Å². The van der Waals surface area contributed by atoms with E-state index in [1.807, 2.05) is 11.3 Å². The van der Waals surface area contributed by atoms with Crippen molar-refractivity contribution in [3.05, 3.63) is 22.4 Å². The second kappa shape index (κ2) is 6.37. The van der Waals surface area contributed by atoms with Crippen LogP contribution in [0.2, 0.25) is 0 Å². The zero-order valence-electron chi connectivity index (χ0n) is 11.8. The van der Waals surface area contributed by atoms with Crippen LogP contribution >= 0.6 is 11.3 Å². The largest absolute Gasteiger partial charge is 0.346 e. The summed E-state index contributed by atoms with van der Waals surface area (Å²) < 4.78 is 11.5. The van der Waals surface area contributed by atoms with Crippen molar-refractivity contribution in [3.8, 4) is 0 Å². The summed E-state index contributed by atoms with van der Waals surface area (Å²) in [5.74, 6) is 0. The first kappa shape index (κ1) is 14.2. The summed E-state index contributed by atoms with van der Waals surface area (Å²) in [6, 6.07) is 4.36. The average Bonchev–Trinajstić information content (AvgIpc) is 2.93. The Labute approximate surface area is 124 Å². The van der Waals surface area contributed by atoms with Crippen LogP contribution < -0.4 is 0 Å². The van der Waals surface area contributed by atoms with Gasteiger partial charge in [0, 0.05) is 10.3 Å². The third-order valence-electron chi connectivity index (χ3n) is 4.68. The molecule has 4 heteroatoms. The monoisotopic (exact) mass is 294 g/mol. The summed E-state index contributed by atoms with van der Waals surface area (Å²) >= 11 is 1.83. The van der Waals surface area contributed by atoms with Crippen LogP contribution in [0.3, 0.4) is 0 Å². The second-order valence-electron chi connectivity index (χ2n) is 5.84. The molecule has 20 heavy (non-hydrogen) atoms. The van der Waals surface area contributed by atoms with E-state index in [9.17, 15) is 4.79 Å². The highest BCUT2D eigenvalue weighted by atomic mass is 32.1. The summed E-state index contributed by atoms with van der Waals surface area (Å²) in [6.07, 6.45) is 8.35. The smallest absolute Gasteiger partial charge is 0.214 e. The Morgan fingerprint density at radius 3 is 2.80 bits per heavy atom. The molecule has 1 aromatic heterocycles. The summed E-state index contributed by atoms with van der Waals surface area (Å²) in [5, 5.41) is 2.15. The second-order valence-corrected chi connectivity index (χ2v) is 6.78. The molecule has 3 rings (SSSR count). The van der Waals surface area contributed by atoms with E-state index in [1.54, 1.807) is 0 Å². The number of hydrogen-bond acceptors (Lipinski definition) is 4. The Bertz CT molecular complexity index is 423. The fourth-order valence-electron chi connectivity index (χ4n) is 3.69. The predicted molar refractivity (Wildman–Crippen MR) is 79.0 cm³/mol. The molecule has 1 aromatic rings. The molecule has 1 saturated heterocycles. The molecule has 1 aliphatic heterocycles. The molecule has 2 fully saturated rings. The summed E-state index contributed by atoms with van der Waals surface area (Å²) in [5.41, 5.74) is 0.0986. The Morgan fingerprint density at radius 1 is 1.25 bits per heavy atom. The lowest BCUT2D eigenvalue weighted by Crippen LogP contribution is -2.44. The van der Waals surface area contributed by atoms with Crippen LogP contribution in [0, 0.1) is 0 Å². The first-order valence-corrected chi connectivity index (χ1v) is 8.49. The molecule has 3 nitrogen and oxygen atoms in total. The third-order valence-corrected chi connectivity index (χ3v) is 5.77. The van der Waals surface area contributed by atoms with Gasteiger partial charge in [0.1, 0.15) is 0 Å². The third kappa shape index (κ3) is 2.69. The molecule has 110 valence electrons. The maximum atomic E-state index is 11.1. The Hall–Kier alpha value is -0.710. The Kier molecular flexibility index (Phi) is 4.54. The van der Waals surface area contributed by atoms with Crippen LogP contribution in [0.25, 0.3) is 0 Å². The van der Waals surface area contributed by atoms with Gasteiger partial charge in [-0.1, -0.05) is 25.3 Å². The standard InChI is InChI=1S/C16H22O3S/c17-12-15-18-10-4-6-13(19-15)16(8-2-1-3-9-16)14-7-5-11-20-14/h5,7,11-13,15H,1-4,6,8-10H2. The maximum Gasteiger partial charge on any atom is 0.214 e. The minimum absolute atomic E-state index is 0.0986. The number of carbonyl (C=O) groups is 1. The highest BCUT2D eigenvalue weighted by molar-refractivity contribution is 7.10. The van der Waals surface area contributed by atoms with Gasteiger partial charge in [-0.05, 0) is 37.1 Å². The maximum absolute atomic E-state index is 11.1. The number of aldehydes is 1. The summed E-state index contributed by atoms with van der Waals surface area (Å²) in [4.78, 5) is 12.5. The van der Waals surface area contributed by atoms with Crippen LogP contribution in [0.4, 0.5) is 0 Å². The van der Waals surface area contributed by atoms with E-state index in [1.165, 1.54) is 37.0 Å². The zero-order valence-corrected chi connectivity index (χ0v) is 12.6. The molecule has 0 bridgehead atoms. The van der Waals surface area contributed by atoms with Gasteiger partial charge in [-0.2, -0.15) is 0 Å². The Balaban J connectivity index is 1.89. The van der Waals surface area contributed by atoms with Gasteiger partial charge in [-0.3, -0.25) is 4.79 Å². The lowest BCUT2D eigenvalue weighted by atomic mass is 9.68. The molecular formula is C16H22O3S. The summed E-state index contributed by atoms with van der Waals surface area (Å²) in [7, 11) is 0. The molecule has 0 N–H and O–H groups in total. The first-order valence-electron chi connectivity index (χ1n) is 7.61. The molecule has 2 atom stereocenters. The molecular weight excluding hydrogens is 272 g/mol. The summed E-state index contributed by atoms with van der Waals surface area (Å²) in [6.45, 7) is 0.625. The van der Waals surface area contributed by atoms with Crippen LogP contribution in [0.15, 0.2) is 17.5 Å². The molecule has 0 spiro atoms. The van der Waals surface area contributed by atoms with Crippen molar-refractivity contribution < 1.29 is 14.3 Å². The highest BCUT2D eigenvalue weighted by Gasteiger charge is 2.44. The molecule has 2 unspecified atom stereocenters. The molecule has 1 aliphatic carbocycles. The van der Waals surface area contributed by atoms with Gasteiger partial charge in [0.15, 0.2) is 6.29 Å². The van der Waals surface area contributed by atoms with Gasteiger partial charge in [0.05, 0.1) is 12.7 Å². The number of thiophene rings is 1. The van der Waals surface area contributed by atoms with Crippen molar-refractivity contribution in [2.75, 3.05) is 6.61 Å². The average molecular weight is 294 g/mol. The SMILES string of the molecule is O=CC1OCCCC(C2(c3cccs3)CCCCC2)O1. The van der Waals surface area contributed by atoms with Gasteiger partial charge in [0.25, 0.3) is 0 Å². The van der Waals surface area contributed by atoms with E-state index in [0.29, 0.717) is 6.61 Å². The normalized spacial score (nSPS) is 30.6. The minimum Gasteiger partial charge on any atom is -0.346 e. The van der Waals surface area contributed by atoms with Crippen LogP contribution in [-0.2, 0) is 19.7 Å². The van der Waals surface area contributed by atoms with E-state index in [2.05, 4.69) is 17.5 Å². The van der Waals surface area contributed by atoms with E-state index in [-0.39, 0.29) is 11.5 Å². The Morgan fingerprint density at radius 2 is 2.10 bits per heavy atom. The van der Waals surface area contributed by atoms with Crippen molar-refractivity contribution >= 4 is 17.6 Å². The van der Waals surface area contributed by atoms with Crippen molar-refractivity contribution in [1.82, 2.24) is 0 Å². The van der Waals surface area contributed by atoms with Crippen LogP contribution in [0.1, 0.15) is 49.8 Å². The molecule has 0 radical (unpaired) electrons. The molecule has 1 saturated carbocycles. The predicted octanol–water partition coefficient (Wildman–Crippen LogP) is 3.67. The molecule has 2 heterocycles. The highest BCUT2D eigenvalue weighted by Crippen LogP contribution is 2.47. The number of ether oxygens (including phenoxy) is 2. The fraction of sp³-hybridized carbons (Fsp3) is 0.688. The quantitative estimate of drug-likeness (QED) is 0.798. The van der Waals surface area contributed by atoms with E-state index >= 15 is 0 Å². The van der Waals surface area contributed by atoms with E-state index in [4.69, 9.17) is 9.47 Å². The number of carbonyl (C=O) groups excluding carboxylic acids is 1. The van der Waals surface area contributed by atoms with Gasteiger partial charge in [-0.25, -0.2) is 0 Å². The lowest BCUT2D eigenvalue weighted by Gasteiger charge is -2.42. The van der Waals surface area contributed by atoms with Gasteiger partial charge in [-0.15, -0.1) is 11.3 Å². The van der Waals surface area contributed by atoms with Gasteiger partial charge in [0.2, 0.25) is 6.29 Å². The fourth-order valence-corrected chi connectivity index (χ4v) is 4.72. The van der Waals surface area contributed by atoms with Gasteiger partial charge < -0.3 is 9.47 Å². The number of rotatable bonds is 3. The minimum atomic E-state index is -0.679. The molecule has 2 aliphatic rings. The van der Waals surface area contributed by atoms with Gasteiger partial charge >= 0.3 is 0 Å².